The van der Waals surface area contributed by atoms with Crippen LogP contribution < -0.4 is 15.4 Å². The Labute approximate surface area is 174 Å². The van der Waals surface area contributed by atoms with Gasteiger partial charge < -0.3 is 19.8 Å². The molecule has 152 valence electrons. The molecule has 1 aliphatic carbocycles. The average Bonchev–Trinajstić information content (AvgIpc) is 3.35. The summed E-state index contributed by atoms with van der Waals surface area (Å²) >= 11 is 0. The summed E-state index contributed by atoms with van der Waals surface area (Å²) < 4.78 is 46.9. The summed E-state index contributed by atoms with van der Waals surface area (Å²) in [7, 11) is 1.55. The molecular weight excluding hydrogens is 389 g/mol. The van der Waals surface area contributed by atoms with E-state index in [9.17, 15) is 9.18 Å². The number of ether oxygens (including phenoxy) is 1. The average molecular weight is 410 g/mol. The summed E-state index contributed by atoms with van der Waals surface area (Å²) in [5, 5.41) is 5.87. The number of pyridine rings is 2. The summed E-state index contributed by atoms with van der Waals surface area (Å²) in [6.45, 7) is -2.48. The minimum absolute atomic E-state index is 0.0860. The molecule has 30 heavy (non-hydrogen) atoms. The van der Waals surface area contributed by atoms with Gasteiger partial charge in [-0.15, -0.1) is 0 Å². The van der Waals surface area contributed by atoms with Crippen molar-refractivity contribution in [3.8, 4) is 17.2 Å². The van der Waals surface area contributed by atoms with Gasteiger partial charge in [-0.1, -0.05) is 0 Å². The van der Waals surface area contributed by atoms with Gasteiger partial charge in [-0.2, -0.15) is 0 Å². The van der Waals surface area contributed by atoms with E-state index in [-0.39, 0.29) is 23.9 Å². The lowest BCUT2D eigenvalue weighted by molar-refractivity contribution is -0.117. The van der Waals surface area contributed by atoms with Gasteiger partial charge in [-0.25, -0.2) is 19.3 Å². The van der Waals surface area contributed by atoms with Gasteiger partial charge >= 0.3 is 0 Å². The standard InChI is InChI=1S/C21H18FN5O3/c1-23-19-13-8-24-18(27-20(28)12-6-15(12)22)7-11(13)14(9-25-19)21-26-16-5-10(29-2)3-4-17(16)30-21/h3-5,7-9,12,15H,6H2,1-2H3,(H,23,25)(H,24,27,28)/t12-,15+/m1/s1/i1D3. The van der Waals surface area contributed by atoms with Gasteiger partial charge in [0.15, 0.2) is 5.58 Å². The third-order valence-corrected chi connectivity index (χ3v) is 5.02. The first-order valence-electron chi connectivity index (χ1n) is 10.7. The van der Waals surface area contributed by atoms with Crippen LogP contribution in [0.2, 0.25) is 0 Å². The molecular formula is C21H18FN5O3. The number of hydrogen-bond donors (Lipinski definition) is 2. The minimum Gasteiger partial charge on any atom is -0.497 e. The zero-order valence-corrected chi connectivity index (χ0v) is 15.8. The first-order chi connectivity index (χ1) is 15.7. The van der Waals surface area contributed by atoms with E-state index in [2.05, 4.69) is 25.6 Å². The molecule has 0 radical (unpaired) electrons. The predicted octanol–water partition coefficient (Wildman–Crippen LogP) is 3.78. The van der Waals surface area contributed by atoms with Crippen LogP contribution in [0, 0.1) is 5.92 Å². The van der Waals surface area contributed by atoms with Crippen molar-refractivity contribution in [1.29, 1.82) is 0 Å². The van der Waals surface area contributed by atoms with E-state index in [1.807, 2.05) is 0 Å². The molecule has 5 rings (SSSR count). The highest BCUT2D eigenvalue weighted by Gasteiger charge is 2.43. The Hall–Kier alpha value is -3.75. The minimum atomic E-state index is -2.48. The number of alkyl halides is 1. The van der Waals surface area contributed by atoms with E-state index < -0.39 is 25.0 Å². The van der Waals surface area contributed by atoms with Crippen LogP contribution in [0.1, 0.15) is 10.5 Å². The van der Waals surface area contributed by atoms with E-state index in [0.717, 1.165) is 0 Å². The molecule has 9 heteroatoms. The van der Waals surface area contributed by atoms with Gasteiger partial charge in [-0.3, -0.25) is 4.79 Å². The van der Waals surface area contributed by atoms with Crippen molar-refractivity contribution >= 4 is 39.4 Å². The number of oxazole rings is 1. The highest BCUT2D eigenvalue weighted by atomic mass is 19.1. The van der Waals surface area contributed by atoms with Crippen LogP contribution in [0.15, 0.2) is 41.1 Å². The van der Waals surface area contributed by atoms with Gasteiger partial charge in [0.25, 0.3) is 0 Å². The zero-order chi connectivity index (χ0) is 23.3. The van der Waals surface area contributed by atoms with Gasteiger partial charge in [0, 0.05) is 40.3 Å². The molecule has 1 fully saturated rings. The van der Waals surface area contributed by atoms with Crippen molar-refractivity contribution < 1.29 is 22.5 Å². The lowest BCUT2D eigenvalue weighted by Gasteiger charge is -2.10. The second-order valence-corrected chi connectivity index (χ2v) is 6.96. The SMILES string of the molecule is [2H]C([2H])([2H])Nc1ncc(-c2nc3cc(OC)ccc3o2)c2cc(NC(=O)[C@@H]3C[C@@H]3F)ncc12. The molecule has 2 atom stereocenters. The Morgan fingerprint density at radius 3 is 2.93 bits per heavy atom. The van der Waals surface area contributed by atoms with E-state index in [1.54, 1.807) is 31.4 Å². The maximum atomic E-state index is 13.3. The largest absolute Gasteiger partial charge is 0.497 e. The number of hydrogen-bond acceptors (Lipinski definition) is 7. The summed E-state index contributed by atoms with van der Waals surface area (Å²) in [4.78, 5) is 25.1. The summed E-state index contributed by atoms with van der Waals surface area (Å²) in [5.74, 6) is -0.00719. The molecule has 3 heterocycles. The number of anilines is 2. The number of halogens is 1. The Balaban J connectivity index is 1.62. The van der Waals surface area contributed by atoms with Gasteiger partial charge in [0.1, 0.15) is 29.1 Å². The quantitative estimate of drug-likeness (QED) is 0.516. The molecule has 0 spiro atoms. The molecule has 2 N–H and O–H groups in total. The molecule has 0 bridgehead atoms. The number of fused-ring (bicyclic) bond motifs is 2. The van der Waals surface area contributed by atoms with Crippen LogP contribution in [0.5, 0.6) is 5.75 Å². The van der Waals surface area contributed by atoms with E-state index in [0.29, 0.717) is 33.2 Å². The Bertz CT molecular complexity index is 1390. The van der Waals surface area contributed by atoms with Crippen molar-refractivity contribution in [3.63, 3.8) is 0 Å². The van der Waals surface area contributed by atoms with Gasteiger partial charge in [0.05, 0.1) is 18.6 Å². The topological polar surface area (TPSA) is 102 Å². The molecule has 0 saturated heterocycles. The van der Waals surface area contributed by atoms with Crippen LogP contribution >= 0.6 is 0 Å². The molecule has 8 nitrogen and oxygen atoms in total. The highest BCUT2D eigenvalue weighted by Crippen LogP contribution is 2.36. The lowest BCUT2D eigenvalue weighted by atomic mass is 10.1. The fourth-order valence-electron chi connectivity index (χ4n) is 3.28. The number of carbonyl (C=O) groups is 1. The Morgan fingerprint density at radius 2 is 2.17 bits per heavy atom. The second-order valence-electron chi connectivity index (χ2n) is 6.96. The van der Waals surface area contributed by atoms with Crippen molar-refractivity contribution in [1.82, 2.24) is 15.0 Å². The summed E-state index contributed by atoms with van der Waals surface area (Å²) in [6.07, 6.45) is 1.87. The Kier molecular flexibility index (Phi) is 3.50. The number of methoxy groups -OCH3 is 1. The first-order valence-corrected chi connectivity index (χ1v) is 9.19. The lowest BCUT2D eigenvalue weighted by Crippen LogP contribution is -2.15. The third kappa shape index (κ3) is 3.08. The predicted molar refractivity (Wildman–Crippen MR) is 110 cm³/mol. The monoisotopic (exact) mass is 410 g/mol. The number of amides is 1. The number of aromatic nitrogens is 3. The number of nitrogens with one attached hydrogen (secondary N) is 2. The first kappa shape index (κ1) is 15.1. The van der Waals surface area contributed by atoms with Crippen LogP contribution in [0.3, 0.4) is 0 Å². The molecule has 4 aromatic rings. The summed E-state index contributed by atoms with van der Waals surface area (Å²) in [5.41, 5.74) is 1.55. The fraction of sp³-hybridized carbons (Fsp3) is 0.238. The van der Waals surface area contributed by atoms with Crippen molar-refractivity contribution in [3.05, 3.63) is 36.7 Å². The Morgan fingerprint density at radius 1 is 1.30 bits per heavy atom. The fourth-order valence-corrected chi connectivity index (χ4v) is 3.28. The number of carbonyl (C=O) groups excluding carboxylic acids is 1. The van der Waals surface area contributed by atoms with E-state index >= 15 is 0 Å². The van der Waals surface area contributed by atoms with Crippen molar-refractivity contribution in [2.75, 3.05) is 24.7 Å². The van der Waals surface area contributed by atoms with Crippen molar-refractivity contribution in [2.45, 2.75) is 12.6 Å². The van der Waals surface area contributed by atoms with Crippen LogP contribution in [-0.4, -0.2) is 41.1 Å². The smallest absolute Gasteiger partial charge is 0.231 e. The third-order valence-electron chi connectivity index (χ3n) is 5.02. The molecule has 0 aliphatic heterocycles. The van der Waals surface area contributed by atoms with E-state index in [4.69, 9.17) is 13.3 Å². The zero-order valence-electron chi connectivity index (χ0n) is 18.8. The molecule has 1 saturated carbocycles. The van der Waals surface area contributed by atoms with E-state index in [1.165, 1.54) is 12.4 Å². The maximum Gasteiger partial charge on any atom is 0.231 e. The van der Waals surface area contributed by atoms with Crippen LogP contribution in [0.25, 0.3) is 33.3 Å². The molecule has 3 aromatic heterocycles. The van der Waals surface area contributed by atoms with Gasteiger partial charge in [0.2, 0.25) is 11.8 Å². The molecule has 1 amide bonds. The van der Waals surface area contributed by atoms with Gasteiger partial charge in [-0.05, 0) is 24.6 Å². The van der Waals surface area contributed by atoms with Crippen LogP contribution in [-0.2, 0) is 4.79 Å². The number of rotatable bonds is 5. The molecule has 1 aliphatic rings. The van der Waals surface area contributed by atoms with Crippen molar-refractivity contribution in [2.24, 2.45) is 5.92 Å². The highest BCUT2D eigenvalue weighted by molar-refractivity contribution is 6.03. The summed E-state index contributed by atoms with van der Waals surface area (Å²) in [6, 6.07) is 6.74. The van der Waals surface area contributed by atoms with Crippen LogP contribution in [0.4, 0.5) is 16.0 Å². The number of benzene rings is 1. The second kappa shape index (κ2) is 6.94. The maximum absolute atomic E-state index is 13.3. The normalized spacial score (nSPS) is 19.7. The molecule has 0 unspecified atom stereocenters. The number of nitrogens with zero attached hydrogens (tertiary/aromatic N) is 3. The molecule has 1 aromatic carbocycles.